The summed E-state index contributed by atoms with van der Waals surface area (Å²) in [6.07, 6.45) is -1.75. The lowest BCUT2D eigenvalue weighted by atomic mass is 9.83. The van der Waals surface area contributed by atoms with E-state index < -0.39 is 42.2 Å². The van der Waals surface area contributed by atoms with Crippen LogP contribution in [0.3, 0.4) is 0 Å². The van der Waals surface area contributed by atoms with Gasteiger partial charge >= 0.3 is 23.9 Å². The van der Waals surface area contributed by atoms with E-state index in [9.17, 15) is 19.2 Å². The predicted molar refractivity (Wildman–Crippen MR) is 76.0 cm³/mol. The first-order valence-electron chi connectivity index (χ1n) is 7.34. The summed E-state index contributed by atoms with van der Waals surface area (Å²) in [6.45, 7) is 5.10. The average molecular weight is 330 g/mol. The summed E-state index contributed by atoms with van der Waals surface area (Å²) in [4.78, 5) is 44.8. The average Bonchev–Trinajstić information content (AvgIpc) is 2.38. The Morgan fingerprint density at radius 1 is 0.739 bits per heavy atom. The Morgan fingerprint density at radius 2 is 1.17 bits per heavy atom. The summed E-state index contributed by atoms with van der Waals surface area (Å²) in [6, 6.07) is 0. The molecule has 1 fully saturated rings. The Hall–Kier alpha value is -2.12. The standard InChI is InChI=1S/C15H22O8/c1-8(16)20-7-12-5-13(21-9(2)17)15(23-11(4)19)14(6-12)22-10(3)18/h12-15H,5-7H2,1-4H3/t12?,13-,14-,15?/m1/s1. The molecular formula is C15H22O8. The summed E-state index contributed by atoms with van der Waals surface area (Å²) in [5.74, 6) is -2.26. The topological polar surface area (TPSA) is 105 Å². The van der Waals surface area contributed by atoms with Crippen LogP contribution in [0.4, 0.5) is 0 Å². The van der Waals surface area contributed by atoms with E-state index in [0.29, 0.717) is 12.8 Å². The van der Waals surface area contributed by atoms with Gasteiger partial charge in [-0.25, -0.2) is 0 Å². The molecule has 8 nitrogen and oxygen atoms in total. The van der Waals surface area contributed by atoms with Gasteiger partial charge in [-0.15, -0.1) is 0 Å². The molecule has 1 rings (SSSR count). The summed E-state index contributed by atoms with van der Waals surface area (Å²) in [5.41, 5.74) is 0. The van der Waals surface area contributed by atoms with E-state index in [4.69, 9.17) is 18.9 Å². The number of ether oxygens (including phenoxy) is 4. The quantitative estimate of drug-likeness (QED) is 0.537. The fourth-order valence-corrected chi connectivity index (χ4v) is 2.63. The second-order valence-electron chi connectivity index (χ2n) is 5.51. The second kappa shape index (κ2) is 8.50. The van der Waals surface area contributed by atoms with E-state index >= 15 is 0 Å². The molecule has 0 aromatic rings. The van der Waals surface area contributed by atoms with Gasteiger partial charge in [0, 0.05) is 33.6 Å². The molecule has 8 heteroatoms. The largest absolute Gasteiger partial charge is 0.466 e. The van der Waals surface area contributed by atoms with Crippen molar-refractivity contribution in [3.8, 4) is 0 Å². The van der Waals surface area contributed by atoms with Crippen molar-refractivity contribution in [2.24, 2.45) is 5.92 Å². The van der Waals surface area contributed by atoms with Crippen LogP contribution in [0.5, 0.6) is 0 Å². The smallest absolute Gasteiger partial charge is 0.303 e. The Labute approximate surface area is 134 Å². The lowest BCUT2D eigenvalue weighted by Gasteiger charge is -2.39. The molecule has 0 N–H and O–H groups in total. The second-order valence-corrected chi connectivity index (χ2v) is 5.51. The monoisotopic (exact) mass is 330 g/mol. The highest BCUT2D eigenvalue weighted by molar-refractivity contribution is 5.68. The number of carbonyl (C=O) groups is 4. The molecule has 0 heterocycles. The molecule has 0 aromatic carbocycles. The van der Waals surface area contributed by atoms with Gasteiger partial charge in [0.15, 0.2) is 6.10 Å². The Bertz CT molecular complexity index is 446. The van der Waals surface area contributed by atoms with Crippen molar-refractivity contribution in [1.29, 1.82) is 0 Å². The molecule has 130 valence electrons. The molecule has 0 aromatic heterocycles. The maximum Gasteiger partial charge on any atom is 0.303 e. The van der Waals surface area contributed by atoms with Gasteiger partial charge in [-0.2, -0.15) is 0 Å². The number of hydrogen-bond donors (Lipinski definition) is 0. The summed E-state index contributed by atoms with van der Waals surface area (Å²) < 4.78 is 20.6. The lowest BCUT2D eigenvalue weighted by molar-refractivity contribution is -0.195. The maximum absolute atomic E-state index is 11.3. The number of rotatable bonds is 5. The van der Waals surface area contributed by atoms with Crippen molar-refractivity contribution < 1.29 is 38.1 Å². The fourth-order valence-electron chi connectivity index (χ4n) is 2.63. The maximum atomic E-state index is 11.3. The summed E-state index contributed by atoms with van der Waals surface area (Å²) in [5, 5.41) is 0. The minimum absolute atomic E-state index is 0.109. The third-order valence-corrected chi connectivity index (χ3v) is 3.32. The van der Waals surface area contributed by atoms with E-state index in [-0.39, 0.29) is 12.5 Å². The highest BCUT2D eigenvalue weighted by Gasteiger charge is 2.44. The normalized spacial score (nSPS) is 26.8. The van der Waals surface area contributed by atoms with Crippen LogP contribution in [0.1, 0.15) is 40.5 Å². The lowest BCUT2D eigenvalue weighted by Crippen LogP contribution is -2.51. The highest BCUT2D eigenvalue weighted by atomic mass is 16.6. The van der Waals surface area contributed by atoms with Crippen molar-refractivity contribution in [2.75, 3.05) is 6.61 Å². The molecule has 0 radical (unpaired) electrons. The van der Waals surface area contributed by atoms with Crippen LogP contribution in [0.15, 0.2) is 0 Å². The van der Waals surface area contributed by atoms with Crippen molar-refractivity contribution in [3.05, 3.63) is 0 Å². The van der Waals surface area contributed by atoms with E-state index in [1.807, 2.05) is 0 Å². The molecule has 0 amide bonds. The first kappa shape index (κ1) is 18.9. The van der Waals surface area contributed by atoms with Gasteiger partial charge in [-0.1, -0.05) is 0 Å². The third kappa shape index (κ3) is 6.66. The first-order chi connectivity index (χ1) is 10.7. The van der Waals surface area contributed by atoms with Crippen LogP contribution in [0.25, 0.3) is 0 Å². The van der Waals surface area contributed by atoms with Gasteiger partial charge in [-0.05, 0) is 12.8 Å². The molecule has 0 bridgehead atoms. The van der Waals surface area contributed by atoms with Gasteiger partial charge in [0.1, 0.15) is 12.2 Å². The Morgan fingerprint density at radius 3 is 1.52 bits per heavy atom. The Kier molecular flexibility index (Phi) is 6.99. The van der Waals surface area contributed by atoms with Gasteiger partial charge in [0.25, 0.3) is 0 Å². The summed E-state index contributed by atoms with van der Waals surface area (Å²) >= 11 is 0. The van der Waals surface area contributed by atoms with Gasteiger partial charge in [0.05, 0.1) is 6.61 Å². The van der Waals surface area contributed by atoms with Crippen LogP contribution in [-0.4, -0.2) is 48.8 Å². The van der Waals surface area contributed by atoms with Crippen molar-refractivity contribution >= 4 is 23.9 Å². The first-order valence-corrected chi connectivity index (χ1v) is 7.34. The van der Waals surface area contributed by atoms with Crippen molar-refractivity contribution in [3.63, 3.8) is 0 Å². The fraction of sp³-hybridized carbons (Fsp3) is 0.733. The molecular weight excluding hydrogens is 308 g/mol. The number of carbonyl (C=O) groups excluding carboxylic acids is 4. The van der Waals surface area contributed by atoms with Crippen LogP contribution < -0.4 is 0 Å². The molecule has 0 unspecified atom stereocenters. The zero-order valence-electron chi connectivity index (χ0n) is 13.7. The van der Waals surface area contributed by atoms with E-state index in [1.54, 1.807) is 0 Å². The van der Waals surface area contributed by atoms with Gasteiger partial charge < -0.3 is 18.9 Å². The molecule has 0 aliphatic heterocycles. The van der Waals surface area contributed by atoms with Crippen LogP contribution in [0.2, 0.25) is 0 Å². The van der Waals surface area contributed by atoms with Crippen LogP contribution >= 0.6 is 0 Å². The van der Waals surface area contributed by atoms with E-state index in [2.05, 4.69) is 0 Å². The van der Waals surface area contributed by atoms with Crippen LogP contribution in [0, 0.1) is 5.92 Å². The molecule has 0 saturated heterocycles. The van der Waals surface area contributed by atoms with E-state index in [1.165, 1.54) is 27.7 Å². The third-order valence-electron chi connectivity index (χ3n) is 3.32. The molecule has 2 atom stereocenters. The SMILES string of the molecule is CC(=O)OCC1C[C@@H](OC(C)=O)C(OC(C)=O)[C@H](OC(C)=O)C1. The highest BCUT2D eigenvalue weighted by Crippen LogP contribution is 2.32. The van der Waals surface area contributed by atoms with Gasteiger partial charge in [0.2, 0.25) is 0 Å². The molecule has 0 spiro atoms. The predicted octanol–water partition coefficient (Wildman–Crippen LogP) is 0.755. The zero-order valence-corrected chi connectivity index (χ0v) is 13.7. The van der Waals surface area contributed by atoms with Crippen molar-refractivity contribution in [1.82, 2.24) is 0 Å². The number of hydrogen-bond acceptors (Lipinski definition) is 8. The van der Waals surface area contributed by atoms with E-state index in [0.717, 1.165) is 0 Å². The van der Waals surface area contributed by atoms with Crippen molar-refractivity contribution in [2.45, 2.75) is 58.8 Å². The minimum atomic E-state index is -0.881. The number of esters is 4. The van der Waals surface area contributed by atoms with Gasteiger partial charge in [-0.3, -0.25) is 19.2 Å². The minimum Gasteiger partial charge on any atom is -0.466 e. The summed E-state index contributed by atoms with van der Waals surface area (Å²) in [7, 11) is 0. The molecule has 1 aliphatic carbocycles. The Balaban J connectivity index is 2.92. The molecule has 23 heavy (non-hydrogen) atoms. The molecule has 1 aliphatic rings. The van der Waals surface area contributed by atoms with Crippen LogP contribution in [-0.2, 0) is 38.1 Å². The molecule has 1 saturated carbocycles. The zero-order chi connectivity index (χ0) is 17.6.